The van der Waals surface area contributed by atoms with Gasteiger partial charge in [-0.2, -0.15) is 0 Å². The molecule has 0 unspecified atom stereocenters. The second kappa shape index (κ2) is 23.0. The van der Waals surface area contributed by atoms with Crippen molar-refractivity contribution in [3.05, 3.63) is 132 Å². The summed E-state index contributed by atoms with van der Waals surface area (Å²) in [7, 11) is 0. The van der Waals surface area contributed by atoms with Crippen LogP contribution in [0.2, 0.25) is 0 Å². The molecular weight excluding hydrogens is 542 g/mol. The van der Waals surface area contributed by atoms with Crippen molar-refractivity contribution < 1.29 is 24.6 Å². The van der Waals surface area contributed by atoms with Crippen LogP contribution in [0.4, 0.5) is 0 Å². The molecule has 0 heterocycles. The minimum atomic E-state index is -0.933. The standard InChI is InChI=1S/C13H10O.C8H11N.C8H8O2.C6H14N2O2/c14-10-11-6-8-13(9-7-11)12-4-2-1-3-5-12;9-7-6-8-4-2-1-3-5-8;9-8(10)6-7-4-2-1-3-5-7;7-4-2-1-3-5(8)6(9)10/h1-10H;1-5H,6-7,9H2;1-5H,6H2,(H,9,10);5H,1-4,7-8H2,(H,9,10)/t;;;5-/m...0/s1. The fourth-order valence-electron chi connectivity index (χ4n) is 3.60. The van der Waals surface area contributed by atoms with Gasteiger partial charge in [0.15, 0.2) is 0 Å². The van der Waals surface area contributed by atoms with Gasteiger partial charge in [0.05, 0.1) is 6.42 Å². The number of hydrogen-bond donors (Lipinski definition) is 5. The van der Waals surface area contributed by atoms with Crippen LogP contribution in [0.1, 0.15) is 40.7 Å². The summed E-state index contributed by atoms with van der Waals surface area (Å²) < 4.78 is 0. The predicted octanol–water partition coefficient (Wildman–Crippen LogP) is 5.19. The van der Waals surface area contributed by atoms with Crippen LogP contribution in [-0.4, -0.2) is 47.6 Å². The van der Waals surface area contributed by atoms with E-state index in [1.54, 1.807) is 12.1 Å². The second-order valence-corrected chi connectivity index (χ2v) is 9.42. The molecule has 0 amide bonds. The van der Waals surface area contributed by atoms with Crippen molar-refractivity contribution in [3.63, 3.8) is 0 Å². The SMILES string of the molecule is NCCCC[C@H](N)C(=O)O.NCCc1ccccc1.O=C(O)Cc1ccccc1.O=Cc1ccc(-c2ccccc2)cc1. The van der Waals surface area contributed by atoms with Gasteiger partial charge in [-0.25, -0.2) is 0 Å². The molecule has 0 saturated carbocycles. The average molecular weight is 586 g/mol. The zero-order valence-electron chi connectivity index (χ0n) is 24.4. The van der Waals surface area contributed by atoms with Gasteiger partial charge in [-0.05, 0) is 54.6 Å². The van der Waals surface area contributed by atoms with Crippen molar-refractivity contribution in [2.24, 2.45) is 17.2 Å². The van der Waals surface area contributed by atoms with E-state index in [1.807, 2.05) is 78.9 Å². The van der Waals surface area contributed by atoms with E-state index >= 15 is 0 Å². The van der Waals surface area contributed by atoms with Crippen LogP contribution in [-0.2, 0) is 22.4 Å². The van der Waals surface area contributed by atoms with E-state index in [1.165, 1.54) is 11.1 Å². The first kappa shape index (κ1) is 36.4. The summed E-state index contributed by atoms with van der Waals surface area (Å²) in [6.07, 6.45) is 4.12. The molecule has 4 aromatic rings. The number of carboxylic acids is 2. The molecule has 1 atom stereocenters. The van der Waals surface area contributed by atoms with Crippen molar-refractivity contribution in [2.45, 2.75) is 38.1 Å². The van der Waals surface area contributed by atoms with Crippen LogP contribution in [0.25, 0.3) is 11.1 Å². The molecule has 0 radical (unpaired) electrons. The molecular formula is C35H43N3O5. The fraction of sp³-hybridized carbons (Fsp3) is 0.229. The first-order valence-electron chi connectivity index (χ1n) is 14.1. The lowest BCUT2D eigenvalue weighted by Crippen LogP contribution is -2.29. The highest BCUT2D eigenvalue weighted by Crippen LogP contribution is 2.18. The van der Waals surface area contributed by atoms with Gasteiger partial charge in [-0.3, -0.25) is 14.4 Å². The number of carboxylic acid groups (broad SMARTS) is 2. The zero-order chi connectivity index (χ0) is 31.7. The van der Waals surface area contributed by atoms with E-state index in [9.17, 15) is 14.4 Å². The normalized spacial score (nSPS) is 10.3. The Hall–Kier alpha value is -4.63. The van der Waals surface area contributed by atoms with Crippen molar-refractivity contribution in [2.75, 3.05) is 13.1 Å². The molecule has 0 aliphatic rings. The predicted molar refractivity (Wildman–Crippen MR) is 173 cm³/mol. The third-order valence-electron chi connectivity index (χ3n) is 5.91. The van der Waals surface area contributed by atoms with Gasteiger partial charge in [0, 0.05) is 5.56 Å². The summed E-state index contributed by atoms with van der Waals surface area (Å²) >= 11 is 0. The van der Waals surface area contributed by atoms with Crippen LogP contribution >= 0.6 is 0 Å². The van der Waals surface area contributed by atoms with Crippen LogP contribution in [0.5, 0.6) is 0 Å². The lowest BCUT2D eigenvalue weighted by Gasteiger charge is -2.03. The second-order valence-electron chi connectivity index (χ2n) is 9.42. The van der Waals surface area contributed by atoms with E-state index < -0.39 is 18.0 Å². The zero-order valence-corrected chi connectivity index (χ0v) is 24.4. The highest BCUT2D eigenvalue weighted by molar-refractivity contribution is 5.77. The van der Waals surface area contributed by atoms with Crippen LogP contribution in [0.3, 0.4) is 0 Å². The first-order valence-corrected chi connectivity index (χ1v) is 14.1. The van der Waals surface area contributed by atoms with Crippen molar-refractivity contribution >= 4 is 18.2 Å². The molecule has 0 aromatic heterocycles. The summed E-state index contributed by atoms with van der Waals surface area (Å²) in [6, 6.07) is 36.3. The number of hydrogen-bond acceptors (Lipinski definition) is 6. The molecule has 0 saturated heterocycles. The van der Waals surface area contributed by atoms with Gasteiger partial charge in [0.25, 0.3) is 0 Å². The summed E-state index contributed by atoms with van der Waals surface area (Å²) in [6.45, 7) is 1.34. The molecule has 4 rings (SSSR count). The number of unbranched alkanes of at least 4 members (excludes halogenated alkanes) is 1. The Morgan fingerprint density at radius 1 is 0.651 bits per heavy atom. The van der Waals surface area contributed by atoms with Gasteiger partial charge in [-0.15, -0.1) is 0 Å². The molecule has 228 valence electrons. The molecule has 0 bridgehead atoms. The average Bonchev–Trinajstić information content (AvgIpc) is 3.03. The monoisotopic (exact) mass is 585 g/mol. The largest absolute Gasteiger partial charge is 0.481 e. The number of aliphatic carboxylic acids is 2. The van der Waals surface area contributed by atoms with Crippen molar-refractivity contribution in [3.8, 4) is 11.1 Å². The Kier molecular flexibility index (Phi) is 19.5. The Morgan fingerprint density at radius 3 is 1.58 bits per heavy atom. The summed E-state index contributed by atoms with van der Waals surface area (Å²) in [5.41, 5.74) is 21.0. The Morgan fingerprint density at radius 2 is 1.14 bits per heavy atom. The van der Waals surface area contributed by atoms with Crippen LogP contribution in [0.15, 0.2) is 115 Å². The van der Waals surface area contributed by atoms with E-state index in [0.29, 0.717) is 18.5 Å². The quantitative estimate of drug-likeness (QED) is 0.118. The smallest absolute Gasteiger partial charge is 0.320 e. The van der Waals surface area contributed by atoms with Gasteiger partial charge >= 0.3 is 11.9 Å². The lowest BCUT2D eigenvalue weighted by atomic mass is 10.0. The number of carbonyl (C=O) groups is 3. The molecule has 0 fully saturated rings. The molecule has 43 heavy (non-hydrogen) atoms. The minimum absolute atomic E-state index is 0.112. The molecule has 0 spiro atoms. The van der Waals surface area contributed by atoms with Gasteiger partial charge in [0.1, 0.15) is 12.3 Å². The maximum atomic E-state index is 10.5. The first-order chi connectivity index (χ1) is 20.8. The molecule has 8 heteroatoms. The highest BCUT2D eigenvalue weighted by atomic mass is 16.4. The number of benzene rings is 4. The van der Waals surface area contributed by atoms with Crippen LogP contribution in [0, 0.1) is 0 Å². The van der Waals surface area contributed by atoms with E-state index in [4.69, 9.17) is 27.4 Å². The lowest BCUT2D eigenvalue weighted by molar-refractivity contribution is -0.139. The number of rotatable bonds is 11. The third kappa shape index (κ3) is 17.7. The van der Waals surface area contributed by atoms with E-state index in [0.717, 1.165) is 43.2 Å². The van der Waals surface area contributed by atoms with E-state index in [2.05, 4.69) is 24.3 Å². The Balaban J connectivity index is 0.000000292. The van der Waals surface area contributed by atoms with Crippen LogP contribution < -0.4 is 17.2 Å². The Bertz CT molecular complexity index is 1290. The number of nitrogens with two attached hydrogens (primary N) is 3. The van der Waals surface area contributed by atoms with Gasteiger partial charge in [0.2, 0.25) is 0 Å². The highest BCUT2D eigenvalue weighted by Gasteiger charge is 2.09. The summed E-state index contributed by atoms with van der Waals surface area (Å²) in [4.78, 5) is 30.8. The third-order valence-corrected chi connectivity index (χ3v) is 5.91. The molecule has 0 aliphatic heterocycles. The fourth-order valence-corrected chi connectivity index (χ4v) is 3.60. The summed E-state index contributed by atoms with van der Waals surface area (Å²) in [5.74, 6) is -1.72. The van der Waals surface area contributed by atoms with Gasteiger partial charge in [-0.1, -0.05) is 122 Å². The maximum absolute atomic E-state index is 10.5. The summed E-state index contributed by atoms with van der Waals surface area (Å²) in [5, 5.41) is 16.7. The molecule has 0 aliphatic carbocycles. The van der Waals surface area contributed by atoms with E-state index in [-0.39, 0.29) is 6.42 Å². The molecule has 8 N–H and O–H groups in total. The Labute approximate surface area is 254 Å². The number of carbonyl (C=O) groups excluding carboxylic acids is 1. The molecule has 4 aromatic carbocycles. The molecule has 8 nitrogen and oxygen atoms in total. The van der Waals surface area contributed by atoms with Crippen molar-refractivity contribution in [1.29, 1.82) is 0 Å². The maximum Gasteiger partial charge on any atom is 0.320 e. The van der Waals surface area contributed by atoms with Crippen molar-refractivity contribution in [1.82, 2.24) is 0 Å². The topological polar surface area (TPSA) is 170 Å². The van der Waals surface area contributed by atoms with Gasteiger partial charge < -0.3 is 27.4 Å². The minimum Gasteiger partial charge on any atom is -0.481 e. The number of aldehydes is 1.